The Morgan fingerprint density at radius 3 is 2.58 bits per heavy atom. The highest BCUT2D eigenvalue weighted by Gasteiger charge is 2.39. The SMILES string of the molecule is COC1CN(C(=O)c2c(C)cccc2C2CC2)CC1Oc1cccc(NSN(C)C2CCOCC2)c1. The van der Waals surface area contributed by atoms with Crippen molar-refractivity contribution in [1.82, 2.24) is 9.21 Å². The van der Waals surface area contributed by atoms with Gasteiger partial charge in [0.05, 0.1) is 13.1 Å². The van der Waals surface area contributed by atoms with Crippen molar-refractivity contribution >= 4 is 23.7 Å². The Labute approximate surface area is 218 Å². The number of nitrogens with zero attached hydrogens (tertiary/aromatic N) is 2. The fourth-order valence-electron chi connectivity index (χ4n) is 5.18. The van der Waals surface area contributed by atoms with Crippen molar-refractivity contribution in [3.63, 3.8) is 0 Å². The second-order valence-corrected chi connectivity index (χ2v) is 11.0. The molecule has 0 bridgehead atoms. The summed E-state index contributed by atoms with van der Waals surface area (Å²) in [5.74, 6) is 1.38. The molecule has 2 atom stereocenters. The largest absolute Gasteiger partial charge is 0.486 e. The van der Waals surface area contributed by atoms with Crippen LogP contribution in [0.3, 0.4) is 0 Å². The summed E-state index contributed by atoms with van der Waals surface area (Å²) in [5.41, 5.74) is 4.09. The molecule has 2 unspecified atom stereocenters. The lowest BCUT2D eigenvalue weighted by Crippen LogP contribution is -2.33. The average molecular weight is 512 g/mol. The summed E-state index contributed by atoms with van der Waals surface area (Å²) < 4.78 is 23.3. The molecule has 2 aliphatic heterocycles. The molecule has 2 aromatic rings. The zero-order chi connectivity index (χ0) is 25.1. The van der Waals surface area contributed by atoms with Crippen molar-refractivity contribution in [3.05, 3.63) is 59.2 Å². The van der Waals surface area contributed by atoms with Gasteiger partial charge in [0, 0.05) is 55.8 Å². The Kier molecular flexibility index (Phi) is 8.06. The van der Waals surface area contributed by atoms with E-state index < -0.39 is 0 Å². The molecule has 8 heteroatoms. The van der Waals surface area contributed by atoms with Gasteiger partial charge in [-0.3, -0.25) is 4.79 Å². The Bertz CT molecular complexity index is 1060. The lowest BCUT2D eigenvalue weighted by molar-refractivity contribution is 0.0340. The molecule has 0 aromatic heterocycles. The number of hydrogen-bond acceptors (Lipinski definition) is 7. The molecule has 2 heterocycles. The summed E-state index contributed by atoms with van der Waals surface area (Å²) in [6.45, 7) is 4.72. The lowest BCUT2D eigenvalue weighted by Gasteiger charge is -2.30. The number of aryl methyl sites for hydroxylation is 1. The molecule has 2 aromatic carbocycles. The van der Waals surface area contributed by atoms with E-state index in [1.165, 1.54) is 18.4 Å². The highest BCUT2D eigenvalue weighted by Crippen LogP contribution is 2.42. The van der Waals surface area contributed by atoms with Crippen molar-refractivity contribution in [1.29, 1.82) is 0 Å². The van der Waals surface area contributed by atoms with E-state index in [0.717, 1.165) is 48.6 Å². The number of nitrogens with one attached hydrogen (secondary N) is 1. The van der Waals surface area contributed by atoms with Crippen LogP contribution in [-0.4, -0.2) is 73.8 Å². The van der Waals surface area contributed by atoms with Crippen molar-refractivity contribution in [2.45, 2.75) is 56.8 Å². The number of likely N-dealkylation sites (tertiary alicyclic amines) is 1. The van der Waals surface area contributed by atoms with Crippen LogP contribution in [0.2, 0.25) is 0 Å². The molecule has 1 N–H and O–H groups in total. The standard InChI is InChI=1S/C28H37N3O4S/c1-19-6-4-9-24(20-10-11-20)27(19)28(32)31-17-25(33-3)26(18-31)35-23-8-5-7-21(16-23)29-36-30(2)22-12-14-34-15-13-22/h4-9,16,20,22,25-26,29H,10-15,17-18H2,1-3H3. The molecule has 194 valence electrons. The molecule has 2 saturated heterocycles. The Balaban J connectivity index is 1.22. The van der Waals surface area contributed by atoms with Crippen LogP contribution in [0.4, 0.5) is 5.69 Å². The molecule has 7 nitrogen and oxygen atoms in total. The first-order chi connectivity index (χ1) is 17.5. The highest BCUT2D eigenvalue weighted by atomic mass is 32.2. The number of benzene rings is 2. The summed E-state index contributed by atoms with van der Waals surface area (Å²) in [7, 11) is 3.81. The first kappa shape index (κ1) is 25.4. The molecule has 3 fully saturated rings. The van der Waals surface area contributed by atoms with E-state index in [2.05, 4.69) is 28.2 Å². The van der Waals surface area contributed by atoms with Crippen LogP contribution in [0.25, 0.3) is 0 Å². The summed E-state index contributed by atoms with van der Waals surface area (Å²) in [5, 5.41) is 0. The quantitative estimate of drug-likeness (QED) is 0.482. The van der Waals surface area contributed by atoms with Gasteiger partial charge in [0.15, 0.2) is 0 Å². The third kappa shape index (κ3) is 5.83. The Hall–Kier alpha value is -2.26. The molecule has 0 radical (unpaired) electrons. The number of ether oxygens (including phenoxy) is 3. The van der Waals surface area contributed by atoms with Gasteiger partial charge >= 0.3 is 0 Å². The topological polar surface area (TPSA) is 63.3 Å². The highest BCUT2D eigenvalue weighted by molar-refractivity contribution is 7.98. The second-order valence-electron chi connectivity index (χ2n) is 10.1. The van der Waals surface area contributed by atoms with Gasteiger partial charge in [-0.2, -0.15) is 0 Å². The smallest absolute Gasteiger partial charge is 0.254 e. The van der Waals surface area contributed by atoms with Gasteiger partial charge in [-0.25, -0.2) is 4.31 Å². The molecule has 0 spiro atoms. The van der Waals surface area contributed by atoms with Crippen LogP contribution < -0.4 is 9.46 Å². The van der Waals surface area contributed by atoms with Crippen molar-refractivity contribution in [2.24, 2.45) is 0 Å². The molecule has 5 rings (SSSR count). The van der Waals surface area contributed by atoms with Gasteiger partial charge < -0.3 is 23.8 Å². The van der Waals surface area contributed by atoms with E-state index in [1.807, 2.05) is 42.2 Å². The van der Waals surface area contributed by atoms with Crippen molar-refractivity contribution in [3.8, 4) is 5.75 Å². The molecule has 1 aliphatic carbocycles. The maximum Gasteiger partial charge on any atom is 0.254 e. The number of methoxy groups -OCH3 is 1. The van der Waals surface area contributed by atoms with E-state index in [-0.39, 0.29) is 18.1 Å². The van der Waals surface area contributed by atoms with E-state index in [0.29, 0.717) is 25.0 Å². The van der Waals surface area contributed by atoms with Gasteiger partial charge in [-0.15, -0.1) is 0 Å². The van der Waals surface area contributed by atoms with Crippen LogP contribution in [0.1, 0.15) is 53.1 Å². The minimum absolute atomic E-state index is 0.0890. The second kappa shape index (κ2) is 11.4. The third-order valence-electron chi connectivity index (χ3n) is 7.48. The normalized spacial score (nSPS) is 22.7. The Morgan fingerprint density at radius 2 is 1.83 bits per heavy atom. The van der Waals surface area contributed by atoms with Crippen LogP contribution in [0.15, 0.2) is 42.5 Å². The monoisotopic (exact) mass is 511 g/mol. The molecule has 1 saturated carbocycles. The van der Waals surface area contributed by atoms with E-state index in [1.54, 1.807) is 19.2 Å². The van der Waals surface area contributed by atoms with Crippen molar-refractivity contribution in [2.75, 3.05) is 45.2 Å². The van der Waals surface area contributed by atoms with Gasteiger partial charge in [0.25, 0.3) is 5.91 Å². The van der Waals surface area contributed by atoms with Crippen LogP contribution in [0, 0.1) is 6.92 Å². The summed E-state index contributed by atoms with van der Waals surface area (Å²) in [4.78, 5) is 15.5. The minimum Gasteiger partial charge on any atom is -0.486 e. The molecular weight excluding hydrogens is 474 g/mol. The number of carbonyl (C=O) groups excluding carboxylic acids is 1. The van der Waals surface area contributed by atoms with Gasteiger partial charge in [0.2, 0.25) is 0 Å². The zero-order valence-corrected chi connectivity index (χ0v) is 22.3. The maximum absolute atomic E-state index is 13.6. The number of amides is 1. The summed E-state index contributed by atoms with van der Waals surface area (Å²) in [6, 6.07) is 14.7. The fourth-order valence-corrected chi connectivity index (χ4v) is 5.92. The van der Waals surface area contributed by atoms with E-state index in [9.17, 15) is 4.79 Å². The molecule has 1 amide bonds. The molecular formula is C28H37N3O4S. The van der Waals surface area contributed by atoms with Crippen LogP contribution in [0.5, 0.6) is 5.75 Å². The van der Waals surface area contributed by atoms with Gasteiger partial charge in [-0.05, 0) is 68.8 Å². The summed E-state index contributed by atoms with van der Waals surface area (Å²) >= 11 is 1.60. The predicted octanol–water partition coefficient (Wildman–Crippen LogP) is 4.88. The first-order valence-corrected chi connectivity index (χ1v) is 13.7. The van der Waals surface area contributed by atoms with E-state index in [4.69, 9.17) is 14.2 Å². The van der Waals surface area contributed by atoms with Crippen LogP contribution >= 0.6 is 12.1 Å². The predicted molar refractivity (Wildman–Crippen MR) is 144 cm³/mol. The fraction of sp³-hybridized carbons (Fsp3) is 0.536. The molecule has 3 aliphatic rings. The minimum atomic E-state index is -0.222. The number of carbonyl (C=O) groups is 1. The lowest BCUT2D eigenvalue weighted by atomic mass is 9.97. The van der Waals surface area contributed by atoms with Crippen molar-refractivity contribution < 1.29 is 19.0 Å². The van der Waals surface area contributed by atoms with Gasteiger partial charge in [-0.1, -0.05) is 24.3 Å². The van der Waals surface area contributed by atoms with Gasteiger partial charge in [0.1, 0.15) is 18.0 Å². The zero-order valence-electron chi connectivity index (χ0n) is 21.4. The number of rotatable bonds is 9. The van der Waals surface area contributed by atoms with E-state index >= 15 is 0 Å². The summed E-state index contributed by atoms with van der Waals surface area (Å²) in [6.07, 6.45) is 4.05. The molecule has 36 heavy (non-hydrogen) atoms. The van der Waals surface area contributed by atoms with Crippen LogP contribution in [-0.2, 0) is 9.47 Å². The maximum atomic E-state index is 13.6. The third-order valence-corrected chi connectivity index (χ3v) is 8.39. The Morgan fingerprint density at radius 1 is 1.08 bits per heavy atom. The number of anilines is 1. The number of hydrogen-bond donors (Lipinski definition) is 1. The average Bonchev–Trinajstić information content (AvgIpc) is 3.67. The first-order valence-electron chi connectivity index (χ1n) is 13.0.